The van der Waals surface area contributed by atoms with Crippen LogP contribution in [0.3, 0.4) is 0 Å². The van der Waals surface area contributed by atoms with Crippen LogP contribution < -0.4 is 11.0 Å². The second kappa shape index (κ2) is 8.00. The molecule has 1 saturated carbocycles. The Balaban J connectivity index is 1.88. The Hall–Kier alpha value is -2.87. The van der Waals surface area contributed by atoms with Crippen LogP contribution in [0.5, 0.6) is 0 Å². The van der Waals surface area contributed by atoms with Crippen molar-refractivity contribution < 1.29 is 13.2 Å². The fourth-order valence-electron chi connectivity index (χ4n) is 4.29. The van der Waals surface area contributed by atoms with Gasteiger partial charge in [-0.05, 0) is 44.0 Å². The summed E-state index contributed by atoms with van der Waals surface area (Å²) in [5.41, 5.74) is 1.96. The highest BCUT2D eigenvalue weighted by atomic mass is 32.2. The van der Waals surface area contributed by atoms with Crippen LogP contribution in [-0.4, -0.2) is 23.5 Å². The Bertz CT molecular complexity index is 1310. The second-order valence-corrected chi connectivity index (χ2v) is 10.3. The van der Waals surface area contributed by atoms with E-state index in [1.54, 1.807) is 44.4 Å². The molecule has 3 aromatic rings. The summed E-state index contributed by atoms with van der Waals surface area (Å²) in [6, 6.07) is 9.69. The molecule has 0 spiro atoms. The number of anilines is 1. The summed E-state index contributed by atoms with van der Waals surface area (Å²) in [6.07, 6.45) is 4.72. The average molecular weight is 442 g/mol. The Kier molecular flexibility index (Phi) is 5.51. The third-order valence-corrected chi connectivity index (χ3v) is 8.04. The predicted octanol–water partition coefficient (Wildman–Crippen LogP) is 3.54. The number of hydrogen-bond donors (Lipinski definition) is 1. The zero-order valence-corrected chi connectivity index (χ0v) is 18.8. The molecule has 7 nitrogen and oxygen atoms in total. The molecule has 0 atom stereocenters. The standard InChI is InChI=1S/C23H27N3O4S/c1-15-9-11-17(12-10-15)31(29,30)21-14-20-19(25(2)23(28)26(20)3)13-18(21)24-22(27)16-7-5-4-6-8-16/h9-14,16H,4-8H2,1-3H3,(H,24,27). The Labute approximate surface area is 181 Å². The number of hydrogen-bond acceptors (Lipinski definition) is 4. The van der Waals surface area contributed by atoms with Crippen LogP contribution in [0.4, 0.5) is 5.69 Å². The summed E-state index contributed by atoms with van der Waals surface area (Å²) in [6.45, 7) is 1.89. The van der Waals surface area contributed by atoms with Gasteiger partial charge in [0.15, 0.2) is 0 Å². The summed E-state index contributed by atoms with van der Waals surface area (Å²) in [5, 5.41) is 2.87. The number of rotatable bonds is 4. The van der Waals surface area contributed by atoms with Crippen LogP contribution in [0.1, 0.15) is 37.7 Å². The fraction of sp³-hybridized carbons (Fsp3) is 0.391. The quantitative estimate of drug-likeness (QED) is 0.671. The molecule has 1 aliphatic carbocycles. The summed E-state index contributed by atoms with van der Waals surface area (Å²) < 4.78 is 29.9. The topological polar surface area (TPSA) is 90.2 Å². The smallest absolute Gasteiger partial charge is 0.325 e. The van der Waals surface area contributed by atoms with Crippen molar-refractivity contribution in [2.24, 2.45) is 20.0 Å². The van der Waals surface area contributed by atoms with Gasteiger partial charge in [0.05, 0.1) is 26.5 Å². The first kappa shape index (κ1) is 21.4. The van der Waals surface area contributed by atoms with Crippen molar-refractivity contribution in [3.8, 4) is 0 Å². The van der Waals surface area contributed by atoms with E-state index in [4.69, 9.17) is 0 Å². The van der Waals surface area contributed by atoms with E-state index < -0.39 is 9.84 Å². The number of aryl methyl sites for hydroxylation is 3. The molecule has 31 heavy (non-hydrogen) atoms. The minimum atomic E-state index is -3.91. The van der Waals surface area contributed by atoms with Crippen molar-refractivity contribution in [3.63, 3.8) is 0 Å². The van der Waals surface area contributed by atoms with Gasteiger partial charge in [-0.15, -0.1) is 0 Å². The minimum Gasteiger partial charge on any atom is -0.325 e. The van der Waals surface area contributed by atoms with Gasteiger partial charge in [0.2, 0.25) is 15.7 Å². The largest absolute Gasteiger partial charge is 0.328 e. The monoisotopic (exact) mass is 441 g/mol. The molecule has 0 radical (unpaired) electrons. The van der Waals surface area contributed by atoms with Gasteiger partial charge in [-0.2, -0.15) is 0 Å². The van der Waals surface area contributed by atoms with E-state index in [9.17, 15) is 18.0 Å². The van der Waals surface area contributed by atoms with Crippen molar-refractivity contribution in [1.29, 1.82) is 0 Å². The normalized spacial score (nSPS) is 15.3. The molecule has 0 unspecified atom stereocenters. The van der Waals surface area contributed by atoms with Gasteiger partial charge in [0.25, 0.3) is 0 Å². The summed E-state index contributed by atoms with van der Waals surface area (Å²) >= 11 is 0. The summed E-state index contributed by atoms with van der Waals surface area (Å²) in [7, 11) is -0.679. The fourth-order valence-corrected chi connectivity index (χ4v) is 5.70. The van der Waals surface area contributed by atoms with Gasteiger partial charge >= 0.3 is 5.69 Å². The number of nitrogens with one attached hydrogen (secondary N) is 1. The number of fused-ring (bicyclic) bond motifs is 1. The molecule has 0 bridgehead atoms. The number of sulfone groups is 1. The molecule has 0 aliphatic heterocycles. The van der Waals surface area contributed by atoms with E-state index in [0.717, 1.165) is 37.7 Å². The van der Waals surface area contributed by atoms with E-state index in [1.807, 2.05) is 6.92 Å². The SMILES string of the molecule is Cc1ccc(S(=O)(=O)c2cc3c(cc2NC(=O)C2CCCCC2)n(C)c(=O)n3C)cc1. The molecule has 1 aromatic heterocycles. The van der Waals surface area contributed by atoms with Crippen molar-refractivity contribution in [1.82, 2.24) is 9.13 Å². The van der Waals surface area contributed by atoms with Crippen LogP contribution in [0.2, 0.25) is 0 Å². The van der Waals surface area contributed by atoms with Crippen molar-refractivity contribution in [2.75, 3.05) is 5.32 Å². The molecule has 4 rings (SSSR count). The first-order chi connectivity index (χ1) is 14.7. The second-order valence-electron chi connectivity index (χ2n) is 8.38. The molecule has 2 aromatic carbocycles. The molecular formula is C23H27N3O4S. The lowest BCUT2D eigenvalue weighted by Gasteiger charge is -2.21. The maximum atomic E-state index is 13.5. The highest BCUT2D eigenvalue weighted by Crippen LogP contribution is 2.33. The van der Waals surface area contributed by atoms with E-state index in [1.165, 1.54) is 15.2 Å². The lowest BCUT2D eigenvalue weighted by atomic mass is 9.88. The molecule has 1 N–H and O–H groups in total. The molecule has 1 amide bonds. The van der Waals surface area contributed by atoms with Gasteiger partial charge in [0.1, 0.15) is 0 Å². The summed E-state index contributed by atoms with van der Waals surface area (Å²) in [5.74, 6) is -0.292. The first-order valence-corrected chi connectivity index (χ1v) is 12.0. The molecule has 0 saturated heterocycles. The van der Waals surface area contributed by atoms with E-state index in [0.29, 0.717) is 11.0 Å². The number of benzene rings is 2. The van der Waals surface area contributed by atoms with Crippen LogP contribution in [0.25, 0.3) is 11.0 Å². The minimum absolute atomic E-state index is 0.00536. The zero-order chi connectivity index (χ0) is 22.3. The highest BCUT2D eigenvalue weighted by molar-refractivity contribution is 7.91. The predicted molar refractivity (Wildman–Crippen MR) is 120 cm³/mol. The lowest BCUT2D eigenvalue weighted by Crippen LogP contribution is -2.25. The van der Waals surface area contributed by atoms with Gasteiger partial charge in [0, 0.05) is 20.0 Å². The van der Waals surface area contributed by atoms with E-state index in [2.05, 4.69) is 5.32 Å². The van der Waals surface area contributed by atoms with E-state index in [-0.39, 0.29) is 33.0 Å². The van der Waals surface area contributed by atoms with Gasteiger partial charge in [-0.25, -0.2) is 13.2 Å². The molecule has 1 aliphatic rings. The van der Waals surface area contributed by atoms with Gasteiger partial charge < -0.3 is 5.32 Å². The van der Waals surface area contributed by atoms with Gasteiger partial charge in [-0.3, -0.25) is 13.9 Å². The number of aromatic nitrogens is 2. The molecule has 8 heteroatoms. The lowest BCUT2D eigenvalue weighted by molar-refractivity contribution is -0.120. The maximum absolute atomic E-state index is 13.5. The molecule has 1 fully saturated rings. The number of amides is 1. The highest BCUT2D eigenvalue weighted by Gasteiger charge is 2.27. The Morgan fingerprint density at radius 2 is 1.55 bits per heavy atom. The average Bonchev–Trinajstić information content (AvgIpc) is 2.97. The van der Waals surface area contributed by atoms with Crippen molar-refractivity contribution >= 4 is 32.5 Å². The molecule has 1 heterocycles. The first-order valence-electron chi connectivity index (χ1n) is 10.5. The number of carbonyl (C=O) groups excluding carboxylic acids is 1. The maximum Gasteiger partial charge on any atom is 0.328 e. The Morgan fingerprint density at radius 3 is 2.16 bits per heavy atom. The van der Waals surface area contributed by atoms with Crippen LogP contribution in [0.15, 0.2) is 51.0 Å². The number of imidazole rings is 1. The number of nitrogens with zero attached hydrogens (tertiary/aromatic N) is 2. The van der Waals surface area contributed by atoms with Crippen LogP contribution >= 0.6 is 0 Å². The Morgan fingerprint density at radius 1 is 0.968 bits per heavy atom. The van der Waals surface area contributed by atoms with E-state index >= 15 is 0 Å². The molecular weight excluding hydrogens is 414 g/mol. The zero-order valence-electron chi connectivity index (χ0n) is 18.0. The van der Waals surface area contributed by atoms with Crippen LogP contribution in [-0.2, 0) is 28.7 Å². The van der Waals surface area contributed by atoms with Gasteiger partial charge in [-0.1, -0.05) is 37.0 Å². The molecule has 164 valence electrons. The van der Waals surface area contributed by atoms with Crippen molar-refractivity contribution in [2.45, 2.75) is 48.8 Å². The number of carbonyl (C=O) groups is 1. The van der Waals surface area contributed by atoms with Crippen LogP contribution in [0, 0.1) is 12.8 Å². The third-order valence-electron chi connectivity index (χ3n) is 6.23. The third kappa shape index (κ3) is 3.80. The van der Waals surface area contributed by atoms with Crippen molar-refractivity contribution in [3.05, 3.63) is 52.4 Å². The summed E-state index contributed by atoms with van der Waals surface area (Å²) in [4.78, 5) is 25.5.